The minimum Gasteiger partial charge on any atom is -0.252 e. The summed E-state index contributed by atoms with van der Waals surface area (Å²) >= 11 is 0. The summed E-state index contributed by atoms with van der Waals surface area (Å²) in [5.74, 6) is 2.65. The quantitative estimate of drug-likeness (QED) is 0.414. The van der Waals surface area contributed by atoms with Crippen LogP contribution in [0.5, 0.6) is 0 Å². The summed E-state index contributed by atoms with van der Waals surface area (Å²) in [6, 6.07) is 6.23. The van der Waals surface area contributed by atoms with Gasteiger partial charge in [-0.3, -0.25) is 4.99 Å². The lowest BCUT2D eigenvalue weighted by Crippen LogP contribution is -1.99. The van der Waals surface area contributed by atoms with Crippen LogP contribution in [0.3, 0.4) is 0 Å². The van der Waals surface area contributed by atoms with Crippen LogP contribution in [0, 0.1) is 26.2 Å². The molecule has 0 saturated carbocycles. The second-order valence-electron chi connectivity index (χ2n) is 4.18. The largest absolute Gasteiger partial charge is 0.252 e. The molecule has 0 aromatic heterocycles. The van der Waals surface area contributed by atoms with Crippen LogP contribution in [0.1, 0.15) is 24.5 Å². The number of allylic oxidation sites excluding steroid dienone is 3. The van der Waals surface area contributed by atoms with Gasteiger partial charge in [0.15, 0.2) is 0 Å². The average Bonchev–Trinajstić information content (AvgIpc) is 2.35. The summed E-state index contributed by atoms with van der Waals surface area (Å²) in [4.78, 5) is 4.69. The molecule has 0 aliphatic rings. The number of aliphatic imine (C=N–C) groups is 1. The zero-order valence-electron chi connectivity index (χ0n) is 11.3. The van der Waals surface area contributed by atoms with E-state index in [4.69, 9.17) is 6.42 Å². The number of terminal acetylenes is 1. The molecule has 92 valence electrons. The third-order valence-corrected chi connectivity index (χ3v) is 2.75. The predicted molar refractivity (Wildman–Crippen MR) is 80.4 cm³/mol. The third-order valence-electron chi connectivity index (χ3n) is 2.75. The van der Waals surface area contributed by atoms with E-state index >= 15 is 0 Å². The number of hydrogen-bond acceptors (Lipinski definition) is 1. The number of benzene rings is 1. The van der Waals surface area contributed by atoms with Crippen molar-refractivity contribution in [2.24, 2.45) is 4.99 Å². The van der Waals surface area contributed by atoms with Gasteiger partial charge >= 0.3 is 0 Å². The second-order valence-corrected chi connectivity index (χ2v) is 4.18. The van der Waals surface area contributed by atoms with Crippen LogP contribution < -0.4 is 0 Å². The molecule has 1 nitrogen and oxygen atoms in total. The molecule has 1 aromatic rings. The summed E-state index contributed by atoms with van der Waals surface area (Å²) < 4.78 is 0. The van der Waals surface area contributed by atoms with E-state index < -0.39 is 0 Å². The monoisotopic (exact) mass is 237 g/mol. The van der Waals surface area contributed by atoms with Gasteiger partial charge in [-0.15, -0.1) is 12.3 Å². The lowest BCUT2D eigenvalue weighted by Gasteiger charge is -2.07. The van der Waals surface area contributed by atoms with Crippen molar-refractivity contribution in [3.05, 3.63) is 53.6 Å². The van der Waals surface area contributed by atoms with Crippen molar-refractivity contribution in [1.82, 2.24) is 0 Å². The maximum absolute atomic E-state index is 5.41. The van der Waals surface area contributed by atoms with Gasteiger partial charge in [-0.1, -0.05) is 30.9 Å². The second kappa shape index (κ2) is 6.61. The summed E-state index contributed by atoms with van der Waals surface area (Å²) in [5.41, 5.74) is 5.20. The molecule has 1 aromatic carbocycles. The van der Waals surface area contributed by atoms with Crippen LogP contribution in [-0.2, 0) is 0 Å². The minimum atomic E-state index is 0.513. The normalized spacial score (nSPS) is 12.1. The number of nitrogens with zero attached hydrogens (tertiary/aromatic N) is 1. The Morgan fingerprint density at radius 2 is 2.17 bits per heavy atom. The van der Waals surface area contributed by atoms with Gasteiger partial charge in [-0.05, 0) is 43.5 Å². The molecule has 0 heterocycles. The maximum Gasteiger partial charge on any atom is 0.0665 e. The Hall–Kier alpha value is -2.07. The molecule has 0 aliphatic heterocycles. The Morgan fingerprint density at radius 3 is 2.72 bits per heavy atom. The van der Waals surface area contributed by atoms with Gasteiger partial charge in [0.25, 0.3) is 0 Å². The molecule has 0 aliphatic carbocycles. The topological polar surface area (TPSA) is 12.4 Å². The van der Waals surface area contributed by atoms with Gasteiger partial charge in [0.2, 0.25) is 0 Å². The zero-order valence-corrected chi connectivity index (χ0v) is 11.3. The smallest absolute Gasteiger partial charge is 0.0665 e. The molecule has 0 amide bonds. The minimum absolute atomic E-state index is 0.513. The summed E-state index contributed by atoms with van der Waals surface area (Å²) in [6.07, 6.45) is 9.69. The third kappa shape index (κ3) is 3.46. The first-order valence-corrected chi connectivity index (χ1v) is 5.99. The highest BCUT2D eigenvalue weighted by Gasteiger charge is 2.04. The first-order chi connectivity index (χ1) is 8.62. The highest BCUT2D eigenvalue weighted by atomic mass is 14.8. The Bertz CT molecular complexity index is 539. The maximum atomic E-state index is 5.41. The molecule has 0 unspecified atom stereocenters. The molecule has 0 atom stereocenters. The van der Waals surface area contributed by atoms with E-state index in [0.29, 0.717) is 6.42 Å². The van der Waals surface area contributed by atoms with E-state index in [1.807, 2.05) is 13.0 Å². The first-order valence-electron chi connectivity index (χ1n) is 5.99. The molecular formula is C17H19N. The van der Waals surface area contributed by atoms with E-state index in [1.54, 1.807) is 6.08 Å². The van der Waals surface area contributed by atoms with E-state index in [0.717, 1.165) is 22.5 Å². The SMILES string of the molecule is C#CCC(=N\c1cc(C)ccc1C)/C(C=C)=C/C. The highest BCUT2D eigenvalue weighted by molar-refractivity contribution is 6.05. The molecular weight excluding hydrogens is 218 g/mol. The number of rotatable bonds is 4. The first kappa shape index (κ1) is 14.0. The fourth-order valence-electron chi connectivity index (χ4n) is 1.69. The van der Waals surface area contributed by atoms with Crippen LogP contribution in [0.15, 0.2) is 47.5 Å². The van der Waals surface area contributed by atoms with Crippen LogP contribution in [-0.4, -0.2) is 5.71 Å². The Labute approximate surface area is 110 Å². The van der Waals surface area contributed by atoms with E-state index in [2.05, 4.69) is 49.5 Å². The van der Waals surface area contributed by atoms with E-state index in [1.165, 1.54) is 5.56 Å². The molecule has 0 fully saturated rings. The lowest BCUT2D eigenvalue weighted by atomic mass is 10.1. The molecule has 1 rings (SSSR count). The fourth-order valence-corrected chi connectivity index (χ4v) is 1.69. The highest BCUT2D eigenvalue weighted by Crippen LogP contribution is 2.22. The van der Waals surface area contributed by atoms with Crippen LogP contribution in [0.25, 0.3) is 0 Å². The van der Waals surface area contributed by atoms with Crippen LogP contribution in [0.2, 0.25) is 0 Å². The Morgan fingerprint density at radius 1 is 1.44 bits per heavy atom. The van der Waals surface area contributed by atoms with Gasteiger partial charge in [0.1, 0.15) is 0 Å². The van der Waals surface area contributed by atoms with Crippen molar-refractivity contribution >= 4 is 11.4 Å². The van der Waals surface area contributed by atoms with Crippen molar-refractivity contribution in [3.63, 3.8) is 0 Å². The van der Waals surface area contributed by atoms with Gasteiger partial charge < -0.3 is 0 Å². The number of aryl methyl sites for hydroxylation is 2. The number of hydrogen-bond donors (Lipinski definition) is 0. The van der Waals surface area contributed by atoms with Gasteiger partial charge in [-0.25, -0.2) is 0 Å². The molecule has 1 heteroatoms. The van der Waals surface area contributed by atoms with E-state index in [9.17, 15) is 0 Å². The molecule has 0 N–H and O–H groups in total. The molecule has 18 heavy (non-hydrogen) atoms. The van der Waals surface area contributed by atoms with Crippen LogP contribution in [0.4, 0.5) is 5.69 Å². The summed E-state index contributed by atoms with van der Waals surface area (Å²) in [5, 5.41) is 0. The van der Waals surface area contributed by atoms with Gasteiger partial charge in [0, 0.05) is 0 Å². The van der Waals surface area contributed by atoms with Crippen molar-refractivity contribution in [2.75, 3.05) is 0 Å². The molecule has 0 spiro atoms. The van der Waals surface area contributed by atoms with Crippen molar-refractivity contribution < 1.29 is 0 Å². The molecule has 0 saturated heterocycles. The summed E-state index contributed by atoms with van der Waals surface area (Å²) in [6.45, 7) is 9.87. The Kier molecular flexibility index (Phi) is 5.14. The standard InChI is InChI=1S/C17H19N/c1-6-9-16(15(7-2)8-3)18-17-12-13(4)10-11-14(17)5/h1,7-8,10-12H,2,9H2,3-5H3/b15-8+,18-16+. The predicted octanol–water partition coefficient (Wildman–Crippen LogP) is 4.53. The van der Waals surface area contributed by atoms with Gasteiger partial charge in [-0.2, -0.15) is 0 Å². The Balaban J connectivity index is 3.28. The molecule has 0 bridgehead atoms. The average molecular weight is 237 g/mol. The van der Waals surface area contributed by atoms with Crippen molar-refractivity contribution in [3.8, 4) is 12.3 Å². The van der Waals surface area contributed by atoms with E-state index in [-0.39, 0.29) is 0 Å². The fraction of sp³-hybridized carbons (Fsp3) is 0.235. The molecule has 0 radical (unpaired) electrons. The zero-order chi connectivity index (χ0) is 13.5. The van der Waals surface area contributed by atoms with Crippen molar-refractivity contribution in [1.29, 1.82) is 0 Å². The lowest BCUT2D eigenvalue weighted by molar-refractivity contribution is 1.33. The van der Waals surface area contributed by atoms with Crippen LogP contribution >= 0.6 is 0 Å². The van der Waals surface area contributed by atoms with Gasteiger partial charge in [0.05, 0.1) is 17.8 Å². The van der Waals surface area contributed by atoms with Crippen molar-refractivity contribution in [2.45, 2.75) is 27.2 Å². The summed E-state index contributed by atoms with van der Waals surface area (Å²) in [7, 11) is 0.